The van der Waals surface area contributed by atoms with Crippen LogP contribution in [0.25, 0.3) is 10.9 Å². The SMILES string of the molecule is CCc1cccc2cc(CNC(=O)c3nccnc3N)c(N(C)CCN(C)C)nc12. The fourth-order valence-electron chi connectivity index (χ4n) is 3.28. The van der Waals surface area contributed by atoms with E-state index in [1.807, 2.05) is 27.2 Å². The molecular weight excluding hydrogens is 378 g/mol. The lowest BCUT2D eigenvalue weighted by molar-refractivity contribution is 0.0946. The number of fused-ring (bicyclic) bond motifs is 1. The summed E-state index contributed by atoms with van der Waals surface area (Å²) in [6.07, 6.45) is 3.82. The van der Waals surface area contributed by atoms with Gasteiger partial charge in [-0.3, -0.25) is 4.79 Å². The topological polar surface area (TPSA) is 100 Å². The zero-order chi connectivity index (χ0) is 21.7. The molecule has 2 aromatic heterocycles. The van der Waals surface area contributed by atoms with E-state index in [1.54, 1.807) is 0 Å². The fraction of sp³-hybridized carbons (Fsp3) is 0.364. The molecule has 0 atom stereocenters. The monoisotopic (exact) mass is 407 g/mol. The number of aryl methyl sites for hydroxylation is 1. The van der Waals surface area contributed by atoms with Crippen molar-refractivity contribution in [1.82, 2.24) is 25.2 Å². The van der Waals surface area contributed by atoms with E-state index in [-0.39, 0.29) is 17.4 Å². The smallest absolute Gasteiger partial charge is 0.273 e. The minimum atomic E-state index is -0.357. The highest BCUT2D eigenvalue weighted by Gasteiger charge is 2.16. The second-order valence-electron chi connectivity index (χ2n) is 7.51. The van der Waals surface area contributed by atoms with Gasteiger partial charge in [-0.15, -0.1) is 0 Å². The van der Waals surface area contributed by atoms with E-state index in [4.69, 9.17) is 10.7 Å². The van der Waals surface area contributed by atoms with Gasteiger partial charge < -0.3 is 20.9 Å². The summed E-state index contributed by atoms with van der Waals surface area (Å²) in [6, 6.07) is 8.30. The van der Waals surface area contributed by atoms with Gasteiger partial charge in [-0.25, -0.2) is 15.0 Å². The molecule has 0 bridgehead atoms. The molecular formula is C22H29N7O. The van der Waals surface area contributed by atoms with Crippen LogP contribution in [0.5, 0.6) is 0 Å². The molecule has 0 saturated carbocycles. The van der Waals surface area contributed by atoms with Gasteiger partial charge >= 0.3 is 0 Å². The molecule has 0 radical (unpaired) electrons. The summed E-state index contributed by atoms with van der Waals surface area (Å²) in [7, 11) is 6.12. The average molecular weight is 408 g/mol. The van der Waals surface area contributed by atoms with Gasteiger partial charge in [0, 0.05) is 50.0 Å². The minimum absolute atomic E-state index is 0.113. The quantitative estimate of drug-likeness (QED) is 0.590. The molecule has 0 unspecified atom stereocenters. The molecule has 3 rings (SSSR count). The van der Waals surface area contributed by atoms with Gasteiger partial charge in [-0.05, 0) is 32.1 Å². The minimum Gasteiger partial charge on any atom is -0.382 e. The Morgan fingerprint density at radius 1 is 1.10 bits per heavy atom. The van der Waals surface area contributed by atoms with Crippen molar-refractivity contribution in [2.75, 3.05) is 44.9 Å². The second kappa shape index (κ2) is 9.49. The molecule has 0 fully saturated rings. The van der Waals surface area contributed by atoms with E-state index < -0.39 is 0 Å². The molecule has 0 spiro atoms. The third-order valence-corrected chi connectivity index (χ3v) is 4.99. The van der Waals surface area contributed by atoms with Crippen molar-refractivity contribution in [3.8, 4) is 0 Å². The first-order valence-corrected chi connectivity index (χ1v) is 10.0. The van der Waals surface area contributed by atoms with E-state index in [9.17, 15) is 4.79 Å². The zero-order valence-corrected chi connectivity index (χ0v) is 18.0. The average Bonchev–Trinajstić information content (AvgIpc) is 2.74. The Kier molecular flexibility index (Phi) is 6.79. The number of hydrogen-bond donors (Lipinski definition) is 2. The molecule has 158 valence electrons. The number of nitrogen functional groups attached to an aromatic ring is 1. The summed E-state index contributed by atoms with van der Waals surface area (Å²) >= 11 is 0. The zero-order valence-electron chi connectivity index (χ0n) is 18.0. The highest BCUT2D eigenvalue weighted by atomic mass is 16.1. The number of hydrogen-bond acceptors (Lipinski definition) is 7. The number of nitrogens with two attached hydrogens (primary N) is 1. The predicted octanol–water partition coefficient (Wildman–Crippen LogP) is 2.10. The van der Waals surface area contributed by atoms with Crippen molar-refractivity contribution in [2.45, 2.75) is 19.9 Å². The van der Waals surface area contributed by atoms with E-state index in [2.05, 4.69) is 50.2 Å². The number of nitrogens with one attached hydrogen (secondary N) is 1. The van der Waals surface area contributed by atoms with Crippen molar-refractivity contribution in [2.24, 2.45) is 0 Å². The number of carbonyl (C=O) groups excluding carboxylic acids is 1. The summed E-state index contributed by atoms with van der Waals surface area (Å²) in [5.41, 5.74) is 9.05. The first kappa shape index (κ1) is 21.4. The number of para-hydroxylation sites is 1. The number of amides is 1. The van der Waals surface area contributed by atoms with Crippen molar-refractivity contribution < 1.29 is 4.79 Å². The molecule has 0 aliphatic carbocycles. The maximum Gasteiger partial charge on any atom is 0.273 e. The summed E-state index contributed by atoms with van der Waals surface area (Å²) in [5, 5.41) is 3.97. The number of aromatic nitrogens is 3. The fourth-order valence-corrected chi connectivity index (χ4v) is 3.28. The molecule has 8 heteroatoms. The Hall–Kier alpha value is -3.26. The van der Waals surface area contributed by atoms with Crippen LogP contribution in [0.3, 0.4) is 0 Å². The first-order valence-electron chi connectivity index (χ1n) is 10.0. The van der Waals surface area contributed by atoms with Crippen LogP contribution in [0, 0.1) is 0 Å². The molecule has 2 heterocycles. The van der Waals surface area contributed by atoms with Crippen molar-refractivity contribution in [3.63, 3.8) is 0 Å². The van der Waals surface area contributed by atoms with E-state index in [0.717, 1.165) is 41.8 Å². The molecule has 8 nitrogen and oxygen atoms in total. The number of nitrogens with zero attached hydrogens (tertiary/aromatic N) is 5. The van der Waals surface area contributed by atoms with Crippen LogP contribution < -0.4 is 16.0 Å². The molecule has 1 aromatic carbocycles. The Morgan fingerprint density at radius 2 is 1.87 bits per heavy atom. The molecule has 0 aliphatic heterocycles. The van der Waals surface area contributed by atoms with Crippen molar-refractivity contribution >= 4 is 28.4 Å². The Balaban J connectivity index is 1.93. The van der Waals surface area contributed by atoms with Crippen molar-refractivity contribution in [3.05, 3.63) is 53.5 Å². The number of anilines is 2. The van der Waals surface area contributed by atoms with Crippen LogP contribution in [0.1, 0.15) is 28.5 Å². The highest BCUT2D eigenvalue weighted by molar-refractivity contribution is 5.96. The standard InChI is InChI=1S/C22H29N7O/c1-5-15-7-6-8-16-13-17(14-26-22(30)19-20(23)25-10-9-24-19)21(27-18(15)16)29(4)12-11-28(2)3/h6-10,13H,5,11-12,14H2,1-4H3,(H2,23,25)(H,26,30). The Morgan fingerprint density at radius 3 is 2.57 bits per heavy atom. The van der Waals surface area contributed by atoms with Crippen molar-refractivity contribution in [1.29, 1.82) is 0 Å². The lowest BCUT2D eigenvalue weighted by Gasteiger charge is -2.24. The maximum absolute atomic E-state index is 12.6. The number of rotatable bonds is 8. The largest absolute Gasteiger partial charge is 0.382 e. The summed E-state index contributed by atoms with van der Waals surface area (Å²) in [4.78, 5) is 29.8. The van der Waals surface area contributed by atoms with Crippen LogP contribution in [0.15, 0.2) is 36.7 Å². The van der Waals surface area contributed by atoms with E-state index >= 15 is 0 Å². The highest BCUT2D eigenvalue weighted by Crippen LogP contribution is 2.26. The van der Waals surface area contributed by atoms with Gasteiger partial charge in [0.1, 0.15) is 5.82 Å². The first-order chi connectivity index (χ1) is 14.4. The van der Waals surface area contributed by atoms with Gasteiger partial charge in [0.05, 0.1) is 5.52 Å². The van der Waals surface area contributed by atoms with Gasteiger partial charge in [0.2, 0.25) is 0 Å². The van der Waals surface area contributed by atoms with Gasteiger partial charge in [-0.2, -0.15) is 0 Å². The van der Waals surface area contributed by atoms with E-state index in [0.29, 0.717) is 6.54 Å². The maximum atomic E-state index is 12.6. The van der Waals surface area contributed by atoms with Crippen LogP contribution in [-0.4, -0.2) is 60.0 Å². The summed E-state index contributed by atoms with van der Waals surface area (Å²) in [5.74, 6) is 0.616. The third kappa shape index (κ3) is 4.83. The number of carbonyl (C=O) groups is 1. The molecule has 1 amide bonds. The van der Waals surface area contributed by atoms with Gasteiger partial charge in [-0.1, -0.05) is 25.1 Å². The Bertz CT molecular complexity index is 1040. The molecule has 0 aliphatic rings. The molecule has 3 aromatic rings. The van der Waals surface area contributed by atoms with Crippen LogP contribution in [-0.2, 0) is 13.0 Å². The van der Waals surface area contributed by atoms with Gasteiger partial charge in [0.25, 0.3) is 5.91 Å². The molecule has 0 saturated heterocycles. The van der Waals surface area contributed by atoms with Crippen LogP contribution in [0.2, 0.25) is 0 Å². The van der Waals surface area contributed by atoms with Crippen LogP contribution >= 0.6 is 0 Å². The second-order valence-corrected chi connectivity index (χ2v) is 7.51. The third-order valence-electron chi connectivity index (χ3n) is 4.99. The van der Waals surface area contributed by atoms with E-state index in [1.165, 1.54) is 18.0 Å². The van der Waals surface area contributed by atoms with Gasteiger partial charge in [0.15, 0.2) is 11.5 Å². The predicted molar refractivity (Wildman–Crippen MR) is 121 cm³/mol. The van der Waals surface area contributed by atoms with Crippen LogP contribution in [0.4, 0.5) is 11.6 Å². The normalized spacial score (nSPS) is 11.1. The summed E-state index contributed by atoms with van der Waals surface area (Å²) in [6.45, 7) is 4.16. The number of likely N-dealkylation sites (N-methyl/N-ethyl adjacent to an activating group) is 2. The summed E-state index contributed by atoms with van der Waals surface area (Å²) < 4.78 is 0. The lowest BCUT2D eigenvalue weighted by Crippen LogP contribution is -2.31. The number of benzene rings is 1. The molecule has 30 heavy (non-hydrogen) atoms. The lowest BCUT2D eigenvalue weighted by atomic mass is 10.1. The number of pyridine rings is 1. The Labute approximate surface area is 177 Å². The molecule has 3 N–H and O–H groups in total.